The summed E-state index contributed by atoms with van der Waals surface area (Å²) in [6.07, 6.45) is -111. The van der Waals surface area contributed by atoms with E-state index >= 15 is 0 Å². The lowest BCUT2D eigenvalue weighted by molar-refractivity contribution is -0.399. The van der Waals surface area contributed by atoms with E-state index < -0.39 is 467 Å². The summed E-state index contributed by atoms with van der Waals surface area (Å²) in [6, 6.07) is -12.0. The van der Waals surface area contributed by atoms with E-state index in [0.717, 1.165) is 41.5 Å². The Labute approximate surface area is 843 Å². The first-order chi connectivity index (χ1) is 70.0. The predicted octanol–water partition coefficient (Wildman–Crippen LogP) is -24.1. The smallest absolute Gasteiger partial charge is 0.397 e. The molecule has 56 atom stereocenters. The van der Waals surface area contributed by atoms with Gasteiger partial charge in [-0.05, 0) is 6.92 Å². The molecule has 0 unspecified atom stereocenters. The third-order valence-electron chi connectivity index (χ3n) is 26.5. The number of aliphatic hydroxyl groups excluding tert-OH is 28. The fourth-order valence-corrected chi connectivity index (χ4v) is 19.5. The largest absolute Gasteiger partial charge is 0.477 e. The number of carbonyl (C=O) groups excluding carboxylic acids is 6. The Morgan fingerprint density at radius 1 is 0.322 bits per heavy atom. The molecule has 0 saturated carbocycles. The van der Waals surface area contributed by atoms with Crippen LogP contribution in [0, 0.1) is 0 Å². The van der Waals surface area contributed by atoms with Gasteiger partial charge in [-0.15, -0.1) is 0 Å². The molecular weight excluding hydrogens is 2060 g/mol. The van der Waals surface area contributed by atoms with Crippen LogP contribution < -0.4 is 31.9 Å². The Bertz CT molecular complexity index is 4440. The van der Waals surface area contributed by atoms with Gasteiger partial charge in [-0.2, -0.15) is 8.42 Å². The van der Waals surface area contributed by atoms with E-state index in [1.165, 1.54) is 6.92 Å². The van der Waals surface area contributed by atoms with Crippen molar-refractivity contribution in [3.05, 3.63) is 0 Å². The van der Waals surface area contributed by atoms with Crippen molar-refractivity contribution in [3.63, 3.8) is 0 Å². The first kappa shape index (κ1) is 123. The second kappa shape index (κ2) is 53.0. The third-order valence-corrected chi connectivity index (χ3v) is 27.0. The lowest BCUT2D eigenvalue weighted by Gasteiger charge is -2.51. The first-order valence-electron chi connectivity index (χ1n) is 46.8. The van der Waals surface area contributed by atoms with Gasteiger partial charge in [0.15, 0.2) is 62.9 Å². The van der Waals surface area contributed by atoms with Crippen molar-refractivity contribution in [1.82, 2.24) is 31.9 Å². The van der Waals surface area contributed by atoms with Crippen LogP contribution in [0.1, 0.15) is 54.9 Å². The van der Waals surface area contributed by atoms with Crippen molar-refractivity contribution < 1.29 is 298 Å². The number of rotatable bonds is 41. The number of carbonyl (C=O) groups is 7. The van der Waals surface area contributed by atoms with Crippen molar-refractivity contribution in [2.24, 2.45) is 0 Å². The number of nitrogens with one attached hydrogen (secondary N) is 6. The maximum absolute atomic E-state index is 13.4. The molecular formula is C81H134N6O61S. The maximum Gasteiger partial charge on any atom is 0.397 e. The Morgan fingerprint density at radius 3 is 1.06 bits per heavy atom. The molecule has 36 N–H and O–H groups in total. The molecule has 0 aliphatic carbocycles. The van der Waals surface area contributed by atoms with Gasteiger partial charge in [0.2, 0.25) is 35.4 Å². The lowest BCUT2D eigenvalue weighted by atomic mass is 9.88. The van der Waals surface area contributed by atoms with Crippen LogP contribution in [0.3, 0.4) is 0 Å². The number of hydrogen-bond acceptors (Lipinski definition) is 59. The highest BCUT2D eigenvalue weighted by Crippen LogP contribution is 2.44. The molecule has 0 aromatic rings. The fraction of sp³-hybridized carbons (Fsp3) is 0.914. The zero-order chi connectivity index (χ0) is 110. The predicted molar refractivity (Wildman–Crippen MR) is 458 cm³/mol. The topological polar surface area (TPSA) is 1040 Å². The number of hydrogen-bond donors (Lipinski definition) is 36. The summed E-state index contributed by atoms with van der Waals surface area (Å²) >= 11 is 0. The van der Waals surface area contributed by atoms with Crippen LogP contribution in [0.2, 0.25) is 0 Å². The molecule has 6 amide bonds. The second-order valence-electron chi connectivity index (χ2n) is 37.2. The van der Waals surface area contributed by atoms with Gasteiger partial charge in [0, 0.05) is 48.0 Å². The number of amides is 6. The number of carboxylic acids is 1. The number of aliphatic carboxylic acids is 1. The molecule has 11 aliphatic rings. The highest BCUT2D eigenvalue weighted by molar-refractivity contribution is 7.80. The van der Waals surface area contributed by atoms with Crippen molar-refractivity contribution in [1.29, 1.82) is 0 Å². The third kappa shape index (κ3) is 28.3. The van der Waals surface area contributed by atoms with Gasteiger partial charge in [0.1, 0.15) is 256 Å². The van der Waals surface area contributed by atoms with E-state index in [9.17, 15) is 195 Å². The van der Waals surface area contributed by atoms with E-state index in [4.69, 9.17) is 99.5 Å². The Hall–Kier alpha value is -5.80. The average Bonchev–Trinajstić information content (AvgIpc) is 0.740. The molecule has 149 heavy (non-hydrogen) atoms. The molecule has 11 fully saturated rings. The van der Waals surface area contributed by atoms with Crippen LogP contribution in [0.4, 0.5) is 0 Å². The van der Waals surface area contributed by atoms with Crippen LogP contribution in [-0.2, 0) is 148 Å². The normalized spacial score (nSPS) is 46.4. The first-order valence-corrected chi connectivity index (χ1v) is 48.1. The van der Waals surface area contributed by atoms with Crippen molar-refractivity contribution in [2.45, 2.75) is 398 Å². The Kier molecular flexibility index (Phi) is 43.9. The van der Waals surface area contributed by atoms with Gasteiger partial charge in [0.25, 0.3) is 5.79 Å². The van der Waals surface area contributed by atoms with Gasteiger partial charge in [0.05, 0.1) is 84.3 Å². The Balaban J connectivity index is 0.924. The zero-order valence-corrected chi connectivity index (χ0v) is 80.8. The molecule has 11 aliphatic heterocycles. The minimum atomic E-state index is -5.49. The molecule has 0 radical (unpaired) electrons. The van der Waals surface area contributed by atoms with E-state index in [2.05, 4.69) is 36.1 Å². The van der Waals surface area contributed by atoms with Crippen LogP contribution in [0.25, 0.3) is 0 Å². The van der Waals surface area contributed by atoms with Gasteiger partial charge < -0.3 is 279 Å². The van der Waals surface area contributed by atoms with Gasteiger partial charge in [-0.3, -0.25) is 33.3 Å². The minimum absolute atomic E-state index is 0.844. The summed E-state index contributed by atoms with van der Waals surface area (Å²) in [5.41, 5.74) is 0. The molecule has 0 aromatic carbocycles. The van der Waals surface area contributed by atoms with Crippen LogP contribution in [0.5, 0.6) is 0 Å². The summed E-state index contributed by atoms with van der Waals surface area (Å²) in [4.78, 5) is 90.8. The summed E-state index contributed by atoms with van der Waals surface area (Å²) in [7, 11) is -5.49. The molecule has 68 heteroatoms. The average molecular weight is 2200 g/mol. The van der Waals surface area contributed by atoms with Crippen molar-refractivity contribution in [3.8, 4) is 0 Å². The summed E-state index contributed by atoms with van der Waals surface area (Å²) in [5, 5.41) is 344. The van der Waals surface area contributed by atoms with Crippen LogP contribution in [0.15, 0.2) is 0 Å². The molecule has 67 nitrogen and oxygen atoms in total. The summed E-state index contributed by atoms with van der Waals surface area (Å²) < 4.78 is 164. The second-order valence-corrected chi connectivity index (χ2v) is 38.2. The highest BCUT2D eigenvalue weighted by atomic mass is 32.3. The van der Waals surface area contributed by atoms with Gasteiger partial charge >= 0.3 is 16.4 Å². The van der Waals surface area contributed by atoms with Crippen LogP contribution in [-0.4, -0.2) is 612 Å². The molecule has 11 heterocycles. The SMILES string of the molecule is CC(=O)N[C@@H]1[C@@H](O)[C@H](O[C@@H]2O[C@H](CO)[C@@H](O[C@@H]3O[C@H](CO[C@H]4O[C@H](CO)[C@@H](O)[C@H](O)[C@@H]4O[C@@H]4O[C@H](CO)[C@@H](O[C@@H]5O[C@H](CO)[C@H](O)[C@H](O[C@]6(C(=O)O)C[C@H](O)[C@@H](NC(C)=O)[C@H]([C@H](O)[C@H](O)CO)O6)[C@H]5O)[C@H](O)[C@H]4NC(C)=O)[C@@H](O)[C@H](O[C@H]4O[C@H](CO)[C@@H](O)[C@H](O)[C@@H]4O[C@@H]4O[C@H](CO)[C@@H](O[C@@H]5O[C@H](CO)[C@H](OS(=O)(=O)O)[C@H](O)[C@H]5NC(C)=O)[C@H](O)[C@H]4NC(C)=O)[C@@H]3O)[C@H](O)[C@H]2NC(C)=O)[C@@H](CO[C@@H]2O[C@@H](C)[C@@H](O)[C@@H](O)[C@@H]2O)O[C@H]1O. The lowest BCUT2D eigenvalue weighted by Crippen LogP contribution is -2.71. The molecule has 0 spiro atoms. The van der Waals surface area contributed by atoms with Gasteiger partial charge in [-0.25, -0.2) is 8.98 Å². The highest BCUT2D eigenvalue weighted by Gasteiger charge is 2.65. The molecule has 0 bridgehead atoms. The zero-order valence-electron chi connectivity index (χ0n) is 80.0. The number of aliphatic hydroxyl groups is 28. The minimum Gasteiger partial charge on any atom is -0.477 e. The van der Waals surface area contributed by atoms with E-state index in [1.807, 2.05) is 0 Å². The van der Waals surface area contributed by atoms with Crippen LogP contribution >= 0.6 is 0 Å². The monoisotopic (exact) mass is 2200 g/mol. The number of ether oxygens (including phenoxy) is 21. The fourth-order valence-electron chi connectivity index (χ4n) is 19.0. The maximum atomic E-state index is 13.4. The molecule has 860 valence electrons. The molecule has 0 aromatic heterocycles. The van der Waals surface area contributed by atoms with Crippen molar-refractivity contribution in [2.75, 3.05) is 66.1 Å². The standard InChI is InChI=1S/C81H134N6O61S/c1-19-43(104)54(115)57(118)75(129-19)127-18-36-63(49(110)38(70(121)130-36)83-21(3)97)140-71-39(84-22(4)98)51(112)61(32(14-93)134-71)141-76-58(119)66(143-79-69(56(117)46(107)29(11-90)133-79)145-74-40(85-23(5)99)50(111)60(31(13-92)135-74)139-72-42(87-25(7)101)53(114)64(34(16-95)137-72)148-149(124,125)126)48(109)35(138-76)17-128-78-68(55(116)45(106)28(10-89)132-78)144-73-41(86-24(6)100)52(113)62(33(15-94)136-73)142-77-59(120)67(47(108)30(12-91)131-77)147-81(80(122)123)8-26(102)37(82-20(2)96)65(146-81)44(105)27(103)9-88/h19,26-79,88-95,102-121H,8-18H2,1-7H3,(H,82,96)(H,83,97)(H,84,98)(H,85,99)(H,86,100)(H,87,101)(H,122,123)(H,124,125,126)/t19-,26-,27+,28+,29+,30+,31+,32+,33+,34+,35+,36+,37+,38+,39+,40+,41+,42+,43+,44+,45+,46+,47-,48+,49+,50+,51+,52+,53+,54+,55-,56-,57-,58-,59+,60+,61+,62+,63+,64-,65+,66-,67-,68-,69-,70+,71-,72-,73-,74-,75+,76-,77-,78-,79+,81-/m0/s1. The summed E-state index contributed by atoms with van der Waals surface area (Å²) in [5.74, 6) is -11.5. The van der Waals surface area contributed by atoms with E-state index in [-0.39, 0.29) is 0 Å². The summed E-state index contributed by atoms with van der Waals surface area (Å²) in [6.45, 7) is -5.89. The van der Waals surface area contributed by atoms with E-state index in [0.29, 0.717) is 0 Å². The van der Waals surface area contributed by atoms with Gasteiger partial charge in [-0.1, -0.05) is 0 Å². The quantitative estimate of drug-likeness (QED) is 0.0253. The molecule has 11 rings (SSSR count). The van der Waals surface area contributed by atoms with Crippen molar-refractivity contribution >= 4 is 51.8 Å². The number of carboxylic acid groups (broad SMARTS) is 1. The van der Waals surface area contributed by atoms with E-state index in [1.54, 1.807) is 0 Å². The molecule has 11 saturated heterocycles. The Morgan fingerprint density at radius 2 is 0.644 bits per heavy atom.